The minimum absolute atomic E-state index is 0.00671. The third-order valence-electron chi connectivity index (χ3n) is 4.60. The van der Waals surface area contributed by atoms with Crippen molar-refractivity contribution in [3.63, 3.8) is 0 Å². The SMILES string of the molecule is Cc1ccc(-c2cccc(C(F)(F)F)c2)cn1.Cc1ccc(Br)cn1.OSOc1cccc(C(F)(F)F)c1. The van der Waals surface area contributed by atoms with Crippen molar-refractivity contribution in [1.29, 1.82) is 0 Å². The lowest BCUT2D eigenvalue weighted by atomic mass is 10.0. The lowest BCUT2D eigenvalue weighted by Crippen LogP contribution is -2.04. The average molecular weight is 619 g/mol. The molecule has 4 nitrogen and oxygen atoms in total. The van der Waals surface area contributed by atoms with Gasteiger partial charge in [0.2, 0.25) is 12.3 Å². The molecule has 0 saturated carbocycles. The number of hydrogen-bond donors (Lipinski definition) is 1. The zero-order valence-corrected chi connectivity index (χ0v) is 22.3. The summed E-state index contributed by atoms with van der Waals surface area (Å²) in [4.78, 5) is 8.10. The van der Waals surface area contributed by atoms with Gasteiger partial charge in [-0.2, -0.15) is 26.3 Å². The van der Waals surface area contributed by atoms with Crippen LogP contribution < -0.4 is 4.18 Å². The highest BCUT2D eigenvalue weighted by molar-refractivity contribution is 9.10. The van der Waals surface area contributed by atoms with E-state index in [0.717, 1.165) is 40.1 Å². The Morgan fingerprint density at radius 1 is 0.711 bits per heavy atom. The highest BCUT2D eigenvalue weighted by atomic mass is 79.9. The van der Waals surface area contributed by atoms with E-state index in [0.29, 0.717) is 11.1 Å². The van der Waals surface area contributed by atoms with Crippen molar-refractivity contribution < 1.29 is 35.1 Å². The maximum absolute atomic E-state index is 12.5. The molecule has 0 amide bonds. The summed E-state index contributed by atoms with van der Waals surface area (Å²) in [5.41, 5.74) is 1.64. The van der Waals surface area contributed by atoms with E-state index < -0.39 is 23.5 Å². The van der Waals surface area contributed by atoms with Gasteiger partial charge >= 0.3 is 12.4 Å². The van der Waals surface area contributed by atoms with Gasteiger partial charge in [-0.25, -0.2) is 0 Å². The topological polar surface area (TPSA) is 55.2 Å². The number of hydrogen-bond acceptors (Lipinski definition) is 5. The number of aromatic nitrogens is 2. The van der Waals surface area contributed by atoms with Gasteiger partial charge in [0, 0.05) is 33.8 Å². The number of pyridine rings is 2. The molecule has 0 bridgehead atoms. The predicted molar refractivity (Wildman–Crippen MR) is 138 cm³/mol. The fourth-order valence-electron chi connectivity index (χ4n) is 2.73. The molecule has 0 aliphatic carbocycles. The fraction of sp³-hybridized carbons (Fsp3) is 0.154. The standard InChI is InChI=1S/C13H10F3N.C7H5F3O2S.C6H6BrN/c1-9-5-6-11(8-17-9)10-3-2-4-12(7-10)13(14,15)16;8-7(9,10)5-2-1-3-6(4-5)12-13-11;1-5-2-3-6(7)4-8-5/h2-8H,1H3;1-4,11H;2-4H,1H3. The molecule has 2 aromatic heterocycles. The minimum Gasteiger partial charge on any atom is -0.401 e. The van der Waals surface area contributed by atoms with E-state index in [9.17, 15) is 26.3 Å². The lowest BCUT2D eigenvalue weighted by molar-refractivity contribution is -0.138. The van der Waals surface area contributed by atoms with Gasteiger partial charge < -0.3 is 4.18 Å². The molecular formula is C26H21BrF6N2O2S. The van der Waals surface area contributed by atoms with E-state index in [1.54, 1.807) is 30.6 Å². The first-order valence-corrected chi connectivity index (χ1v) is 12.1. The maximum Gasteiger partial charge on any atom is 0.416 e. The van der Waals surface area contributed by atoms with E-state index in [1.165, 1.54) is 18.2 Å². The van der Waals surface area contributed by atoms with Crippen LogP contribution in [0.15, 0.2) is 89.7 Å². The Kier molecular flexibility index (Phi) is 11.6. The molecule has 1 N–H and O–H groups in total. The van der Waals surface area contributed by atoms with Crippen molar-refractivity contribution in [2.75, 3.05) is 0 Å². The molecule has 202 valence electrons. The largest absolute Gasteiger partial charge is 0.416 e. The number of aryl methyl sites for hydroxylation is 2. The summed E-state index contributed by atoms with van der Waals surface area (Å²) in [6, 6.07) is 17.0. The first kappa shape index (κ1) is 31.1. The van der Waals surface area contributed by atoms with E-state index in [-0.39, 0.29) is 18.1 Å². The second-order valence-corrected chi connectivity index (χ2v) is 8.80. The van der Waals surface area contributed by atoms with Gasteiger partial charge in [-0.1, -0.05) is 24.3 Å². The minimum atomic E-state index is -4.39. The van der Waals surface area contributed by atoms with Crippen molar-refractivity contribution in [3.8, 4) is 16.9 Å². The molecule has 0 saturated heterocycles. The molecule has 0 fully saturated rings. The van der Waals surface area contributed by atoms with Gasteiger partial charge in [0.1, 0.15) is 5.75 Å². The zero-order chi connectivity index (χ0) is 28.3. The molecule has 0 unspecified atom stereocenters. The number of alkyl halides is 6. The van der Waals surface area contributed by atoms with E-state index in [2.05, 4.69) is 30.1 Å². The molecule has 0 radical (unpaired) electrons. The Labute approximate surface area is 228 Å². The van der Waals surface area contributed by atoms with Gasteiger partial charge in [-0.15, -0.1) is 0 Å². The van der Waals surface area contributed by atoms with Gasteiger partial charge in [-0.3, -0.25) is 14.5 Å². The molecule has 0 aliphatic heterocycles. The molecule has 0 spiro atoms. The third-order valence-corrected chi connectivity index (χ3v) is 5.34. The Bertz CT molecular complexity index is 1260. The van der Waals surface area contributed by atoms with E-state index in [1.807, 2.05) is 26.0 Å². The molecular weight excluding hydrogens is 598 g/mol. The second-order valence-electron chi connectivity index (χ2n) is 7.57. The average Bonchev–Trinajstić information content (AvgIpc) is 2.87. The number of benzene rings is 2. The van der Waals surface area contributed by atoms with Crippen molar-refractivity contribution in [2.24, 2.45) is 0 Å². The predicted octanol–water partition coefficient (Wildman–Crippen LogP) is 9.43. The quantitative estimate of drug-likeness (QED) is 0.183. The highest BCUT2D eigenvalue weighted by Gasteiger charge is 2.31. The molecule has 0 atom stereocenters. The molecule has 2 heterocycles. The summed E-state index contributed by atoms with van der Waals surface area (Å²) in [7, 11) is 0. The van der Waals surface area contributed by atoms with Gasteiger partial charge in [0.05, 0.1) is 11.1 Å². The van der Waals surface area contributed by atoms with Crippen LogP contribution in [0.4, 0.5) is 26.3 Å². The van der Waals surface area contributed by atoms with Crippen LogP contribution in [-0.4, -0.2) is 14.5 Å². The lowest BCUT2D eigenvalue weighted by Gasteiger charge is -2.08. The van der Waals surface area contributed by atoms with Crippen molar-refractivity contribution in [1.82, 2.24) is 9.97 Å². The zero-order valence-electron chi connectivity index (χ0n) is 19.9. The Morgan fingerprint density at radius 2 is 1.26 bits per heavy atom. The number of nitrogens with zero attached hydrogens (tertiary/aromatic N) is 2. The maximum atomic E-state index is 12.5. The molecule has 0 aliphatic rings. The molecule has 4 aromatic rings. The molecule has 2 aromatic carbocycles. The van der Waals surface area contributed by atoms with Crippen LogP contribution in [-0.2, 0) is 12.4 Å². The van der Waals surface area contributed by atoms with Crippen molar-refractivity contribution in [3.05, 3.63) is 112 Å². The van der Waals surface area contributed by atoms with Crippen molar-refractivity contribution >= 4 is 28.3 Å². The van der Waals surface area contributed by atoms with Gasteiger partial charge in [-0.05, 0) is 83.9 Å². The Morgan fingerprint density at radius 3 is 1.74 bits per heavy atom. The van der Waals surface area contributed by atoms with E-state index in [4.69, 9.17) is 4.55 Å². The molecule has 4 rings (SSSR count). The van der Waals surface area contributed by atoms with Crippen LogP contribution in [0.1, 0.15) is 22.5 Å². The third kappa shape index (κ3) is 10.7. The summed E-state index contributed by atoms with van der Waals surface area (Å²) in [5, 5.41) is 0. The van der Waals surface area contributed by atoms with E-state index >= 15 is 0 Å². The first-order valence-electron chi connectivity index (χ1n) is 10.6. The smallest absolute Gasteiger partial charge is 0.401 e. The van der Waals surface area contributed by atoms with Crippen molar-refractivity contribution in [2.45, 2.75) is 26.2 Å². The summed E-state index contributed by atoms with van der Waals surface area (Å²) in [6.45, 7) is 3.79. The van der Waals surface area contributed by atoms with Crippen LogP contribution in [0.3, 0.4) is 0 Å². The van der Waals surface area contributed by atoms with Crippen LogP contribution in [0, 0.1) is 13.8 Å². The Balaban J connectivity index is 0.000000214. The van der Waals surface area contributed by atoms with Crippen LogP contribution in [0.2, 0.25) is 0 Å². The molecule has 38 heavy (non-hydrogen) atoms. The second kappa shape index (κ2) is 14.2. The monoisotopic (exact) mass is 618 g/mol. The normalized spacial score (nSPS) is 11.0. The fourth-order valence-corrected chi connectivity index (χ4v) is 3.15. The first-order chi connectivity index (χ1) is 17.8. The summed E-state index contributed by atoms with van der Waals surface area (Å²) >= 11 is 3.29. The van der Waals surface area contributed by atoms with Gasteiger partial charge in [0.25, 0.3) is 0 Å². The van der Waals surface area contributed by atoms with Gasteiger partial charge in [0.15, 0.2) is 0 Å². The number of halogens is 7. The van der Waals surface area contributed by atoms with Crippen LogP contribution in [0.25, 0.3) is 11.1 Å². The van der Waals surface area contributed by atoms with Crippen LogP contribution >= 0.6 is 28.3 Å². The Hall–Kier alpha value is -3.09. The van der Waals surface area contributed by atoms with Crippen LogP contribution in [0.5, 0.6) is 5.75 Å². The summed E-state index contributed by atoms with van der Waals surface area (Å²) in [6.07, 6.45) is -5.34. The highest BCUT2D eigenvalue weighted by Crippen LogP contribution is 2.32. The summed E-state index contributed by atoms with van der Waals surface area (Å²) in [5.74, 6) is -0.0395. The molecule has 12 heteroatoms. The number of rotatable bonds is 3. The summed E-state index contributed by atoms with van der Waals surface area (Å²) < 4.78 is 87.5.